The molecule has 2 aromatic carbocycles. The van der Waals surface area contributed by atoms with Crippen molar-refractivity contribution in [1.82, 2.24) is 9.21 Å². The quantitative estimate of drug-likeness (QED) is 0.263. The zero-order valence-corrected chi connectivity index (χ0v) is 25.2. The summed E-state index contributed by atoms with van der Waals surface area (Å²) in [6.07, 6.45) is 0.528. The molecular formula is C28H39ClN2O4SSi. The largest absolute Gasteiger partial charge is 0.412 e. The van der Waals surface area contributed by atoms with Crippen LogP contribution >= 0.6 is 11.6 Å². The summed E-state index contributed by atoms with van der Waals surface area (Å²) in [6.45, 7) is 13.7. The molecule has 0 spiro atoms. The summed E-state index contributed by atoms with van der Waals surface area (Å²) in [6, 6.07) is 16.2. The fourth-order valence-corrected chi connectivity index (χ4v) is 8.35. The molecule has 5 atom stereocenters. The first-order valence-electron chi connectivity index (χ1n) is 13.0. The zero-order valence-electron chi connectivity index (χ0n) is 22.6. The summed E-state index contributed by atoms with van der Waals surface area (Å²) < 4.78 is 35.6. The van der Waals surface area contributed by atoms with Crippen LogP contribution in [-0.4, -0.2) is 62.0 Å². The van der Waals surface area contributed by atoms with Crippen LogP contribution in [0.4, 0.5) is 0 Å². The Morgan fingerprint density at radius 1 is 1.00 bits per heavy atom. The highest BCUT2D eigenvalue weighted by molar-refractivity contribution is 7.89. The predicted molar refractivity (Wildman–Crippen MR) is 151 cm³/mol. The van der Waals surface area contributed by atoms with Gasteiger partial charge in [-0.2, -0.15) is 4.31 Å². The van der Waals surface area contributed by atoms with Gasteiger partial charge in [-0.15, -0.1) is 11.6 Å². The number of hydrogen-bond donors (Lipinski definition) is 0. The Kier molecular flexibility index (Phi) is 7.99. The van der Waals surface area contributed by atoms with Crippen LogP contribution in [0.15, 0.2) is 59.5 Å². The number of alkyl halides is 1. The highest BCUT2D eigenvalue weighted by atomic mass is 35.5. The highest BCUT2D eigenvalue weighted by Crippen LogP contribution is 2.45. The van der Waals surface area contributed by atoms with Gasteiger partial charge in [-0.05, 0) is 55.6 Å². The van der Waals surface area contributed by atoms with Crippen molar-refractivity contribution in [1.29, 1.82) is 0 Å². The number of carbonyl (C=O) groups is 1. The SMILES string of the molecule is Cc1ccc(S(=O)(=O)N2[C@@H]3C[C@@H](O[Si](C)(C)C(C)(C)C)CN(Cc4ccccc4)C(=O)[C@H](Cl)C[C@H]32)cc1. The van der Waals surface area contributed by atoms with Crippen molar-refractivity contribution in [3.05, 3.63) is 65.7 Å². The second-order valence-electron chi connectivity index (χ2n) is 11.9. The maximum Gasteiger partial charge on any atom is 0.243 e. The molecule has 0 aromatic heterocycles. The maximum absolute atomic E-state index is 13.6. The van der Waals surface area contributed by atoms with E-state index in [-0.39, 0.29) is 40.4 Å². The van der Waals surface area contributed by atoms with Gasteiger partial charge in [0, 0.05) is 25.2 Å². The van der Waals surface area contributed by atoms with Gasteiger partial charge in [0.1, 0.15) is 5.38 Å². The van der Waals surface area contributed by atoms with Crippen LogP contribution in [0.2, 0.25) is 18.1 Å². The molecule has 37 heavy (non-hydrogen) atoms. The molecule has 9 heteroatoms. The third-order valence-corrected chi connectivity index (χ3v) is 14.9. The second-order valence-corrected chi connectivity index (χ2v) is 19.1. The molecule has 4 rings (SSSR count). The van der Waals surface area contributed by atoms with Gasteiger partial charge in [0.05, 0.1) is 11.0 Å². The van der Waals surface area contributed by atoms with Crippen LogP contribution in [-0.2, 0) is 25.8 Å². The van der Waals surface area contributed by atoms with E-state index in [1.807, 2.05) is 49.4 Å². The monoisotopic (exact) mass is 562 g/mol. The summed E-state index contributed by atoms with van der Waals surface area (Å²) in [4.78, 5) is 15.6. The summed E-state index contributed by atoms with van der Waals surface area (Å²) in [5.41, 5.74) is 2.03. The van der Waals surface area contributed by atoms with Crippen molar-refractivity contribution in [2.75, 3.05) is 6.54 Å². The Hall–Kier alpha value is -1.71. The summed E-state index contributed by atoms with van der Waals surface area (Å²) >= 11 is 6.69. The van der Waals surface area contributed by atoms with Gasteiger partial charge in [0.25, 0.3) is 0 Å². The molecule has 0 radical (unpaired) electrons. The number of halogens is 1. The van der Waals surface area contributed by atoms with E-state index in [1.54, 1.807) is 21.3 Å². The molecule has 2 saturated heterocycles. The highest BCUT2D eigenvalue weighted by Gasteiger charge is 2.58. The molecule has 0 bridgehead atoms. The molecule has 0 saturated carbocycles. The molecule has 6 nitrogen and oxygen atoms in total. The van der Waals surface area contributed by atoms with E-state index in [0.717, 1.165) is 11.1 Å². The Morgan fingerprint density at radius 2 is 1.59 bits per heavy atom. The van der Waals surface area contributed by atoms with Crippen molar-refractivity contribution in [3.8, 4) is 0 Å². The molecular weight excluding hydrogens is 524 g/mol. The smallest absolute Gasteiger partial charge is 0.243 e. The minimum Gasteiger partial charge on any atom is -0.412 e. The standard InChI is InChI=1S/C28H39ClN2O4SSi/c1-20-12-14-23(15-13-20)36(33,34)31-25-16-22(35-37(5,6)28(2,3)4)19-30(18-21-10-8-7-9-11-21)27(32)24(29)17-26(25)31/h7-15,22,24-26H,16-19H2,1-6H3/t22-,24-,25-,26-,31?/m1/s1. The van der Waals surface area contributed by atoms with E-state index in [2.05, 4.69) is 33.9 Å². The number of rotatable bonds is 6. The fourth-order valence-electron chi connectivity index (χ4n) is 4.84. The average molecular weight is 563 g/mol. The third-order valence-electron chi connectivity index (χ3n) is 8.04. The Labute approximate surface area is 228 Å². The lowest BCUT2D eigenvalue weighted by molar-refractivity contribution is -0.132. The predicted octanol–water partition coefficient (Wildman–Crippen LogP) is 5.56. The van der Waals surface area contributed by atoms with E-state index >= 15 is 0 Å². The van der Waals surface area contributed by atoms with Crippen molar-refractivity contribution < 1.29 is 17.6 Å². The lowest BCUT2D eigenvalue weighted by Crippen LogP contribution is -2.49. The summed E-state index contributed by atoms with van der Waals surface area (Å²) in [5, 5.41) is -0.827. The number of aryl methyl sites for hydroxylation is 1. The van der Waals surface area contributed by atoms with E-state index in [4.69, 9.17) is 16.0 Å². The van der Waals surface area contributed by atoms with Crippen molar-refractivity contribution >= 4 is 35.8 Å². The molecule has 2 aliphatic heterocycles. The van der Waals surface area contributed by atoms with Gasteiger partial charge >= 0.3 is 0 Å². The van der Waals surface area contributed by atoms with Crippen molar-refractivity contribution in [2.24, 2.45) is 0 Å². The molecule has 2 fully saturated rings. The minimum absolute atomic E-state index is 0.0225. The minimum atomic E-state index is -3.70. The number of benzene rings is 2. The first-order valence-corrected chi connectivity index (χ1v) is 17.7. The second kappa shape index (κ2) is 10.5. The van der Waals surface area contributed by atoms with Gasteiger partial charge in [-0.25, -0.2) is 8.42 Å². The van der Waals surface area contributed by atoms with Gasteiger partial charge in [0.2, 0.25) is 15.9 Å². The first kappa shape index (κ1) is 28.3. The Balaban J connectivity index is 1.65. The van der Waals surface area contributed by atoms with Crippen molar-refractivity contribution in [3.63, 3.8) is 0 Å². The van der Waals surface area contributed by atoms with Crippen molar-refractivity contribution in [2.45, 2.75) is 93.7 Å². The molecule has 2 aliphatic rings. The number of amides is 1. The molecule has 0 N–H and O–H groups in total. The number of fused-ring (bicyclic) bond motifs is 1. The number of carbonyl (C=O) groups excluding carboxylic acids is 1. The lowest BCUT2D eigenvalue weighted by atomic mass is 10.1. The normalized spacial score (nSPS) is 27.2. The van der Waals surface area contributed by atoms with E-state index in [9.17, 15) is 13.2 Å². The van der Waals surface area contributed by atoms with Crippen LogP contribution in [0.25, 0.3) is 0 Å². The molecule has 1 unspecified atom stereocenters. The zero-order chi connectivity index (χ0) is 27.2. The lowest BCUT2D eigenvalue weighted by Gasteiger charge is -2.40. The summed E-state index contributed by atoms with van der Waals surface area (Å²) in [7, 11) is -5.90. The van der Waals surface area contributed by atoms with Gasteiger partial charge < -0.3 is 9.33 Å². The molecule has 2 heterocycles. The van der Waals surface area contributed by atoms with Crippen LogP contribution in [0, 0.1) is 6.92 Å². The average Bonchev–Trinajstić information content (AvgIpc) is 3.49. The third kappa shape index (κ3) is 6.14. The van der Waals surface area contributed by atoms with Crippen LogP contribution in [0.5, 0.6) is 0 Å². The first-order chi connectivity index (χ1) is 17.2. The van der Waals surface area contributed by atoms with Crippen LogP contribution in [0.1, 0.15) is 44.7 Å². The maximum atomic E-state index is 13.6. The van der Waals surface area contributed by atoms with Gasteiger partial charge in [-0.1, -0.05) is 68.8 Å². The molecule has 2 aromatic rings. The number of nitrogens with zero attached hydrogens (tertiary/aromatic N) is 2. The van der Waals surface area contributed by atoms with Gasteiger partial charge in [0.15, 0.2) is 8.32 Å². The number of hydrogen-bond acceptors (Lipinski definition) is 4. The molecule has 1 amide bonds. The topological polar surface area (TPSA) is 66.7 Å². The van der Waals surface area contributed by atoms with E-state index in [1.165, 1.54) is 0 Å². The van der Waals surface area contributed by atoms with Crippen LogP contribution in [0.3, 0.4) is 0 Å². The van der Waals surface area contributed by atoms with E-state index in [0.29, 0.717) is 19.5 Å². The molecule has 0 aliphatic carbocycles. The molecule has 202 valence electrons. The summed E-state index contributed by atoms with van der Waals surface area (Å²) in [5.74, 6) is -0.172. The van der Waals surface area contributed by atoms with E-state index < -0.39 is 23.7 Å². The Bertz CT molecular complexity index is 1210. The van der Waals surface area contributed by atoms with Gasteiger partial charge in [-0.3, -0.25) is 4.79 Å². The fraction of sp³-hybridized carbons (Fsp3) is 0.536. The van der Waals surface area contributed by atoms with Crippen LogP contribution < -0.4 is 0 Å². The Morgan fingerprint density at radius 3 is 2.19 bits per heavy atom. The number of sulfonamides is 1.